The highest BCUT2D eigenvalue weighted by molar-refractivity contribution is 7.91. The summed E-state index contributed by atoms with van der Waals surface area (Å²) in [5, 5.41) is 4.32. The summed E-state index contributed by atoms with van der Waals surface area (Å²) in [7, 11) is -4.62. The molecule has 1 aliphatic heterocycles. The maximum Gasteiger partial charge on any atom is 0.341 e. The van der Waals surface area contributed by atoms with E-state index in [1.807, 2.05) is 17.8 Å². The Bertz CT molecular complexity index is 910. The lowest BCUT2D eigenvalue weighted by Gasteiger charge is -2.33. The molecular weight excluding hydrogens is 376 g/mol. The van der Waals surface area contributed by atoms with Crippen molar-refractivity contribution in [3.63, 3.8) is 0 Å². The second kappa shape index (κ2) is 7.75. The van der Waals surface area contributed by atoms with E-state index < -0.39 is 20.5 Å². The van der Waals surface area contributed by atoms with E-state index in [4.69, 9.17) is 0 Å². The van der Waals surface area contributed by atoms with Gasteiger partial charge in [0.15, 0.2) is 0 Å². The first kappa shape index (κ1) is 19.5. The van der Waals surface area contributed by atoms with Gasteiger partial charge >= 0.3 is 5.76 Å². The molecule has 1 atom stereocenters. The number of hydrogen-bond donors (Lipinski definition) is 0. The maximum absolute atomic E-state index is 12.6. The minimum Gasteiger partial charge on any atom is -0.340 e. The zero-order valence-corrected chi connectivity index (χ0v) is 15.7. The van der Waals surface area contributed by atoms with Crippen LogP contribution in [0.3, 0.4) is 0 Å². The molecule has 1 aliphatic rings. The van der Waals surface area contributed by atoms with Crippen molar-refractivity contribution >= 4 is 15.7 Å². The van der Waals surface area contributed by atoms with E-state index in [0.717, 1.165) is 30.5 Å². The van der Waals surface area contributed by atoms with E-state index in [9.17, 15) is 22.0 Å². The van der Waals surface area contributed by atoms with Gasteiger partial charge in [0.05, 0.1) is 23.6 Å². The number of likely N-dealkylation sites (tertiary alicyclic amines) is 1. The fourth-order valence-corrected chi connectivity index (χ4v) is 3.94. The molecule has 1 unspecified atom stereocenters. The van der Waals surface area contributed by atoms with Crippen molar-refractivity contribution in [2.45, 2.75) is 42.9 Å². The van der Waals surface area contributed by atoms with Crippen LogP contribution in [0.5, 0.6) is 0 Å². The average Bonchev–Trinajstić information content (AvgIpc) is 3.08. The van der Waals surface area contributed by atoms with Crippen LogP contribution in [0, 0.1) is 6.92 Å². The molecule has 0 spiro atoms. The summed E-state index contributed by atoms with van der Waals surface area (Å²) in [5.74, 6) is -3.53. The number of sulfone groups is 1. The van der Waals surface area contributed by atoms with Crippen molar-refractivity contribution in [3.8, 4) is 0 Å². The van der Waals surface area contributed by atoms with Crippen molar-refractivity contribution in [3.05, 3.63) is 47.8 Å². The number of aryl methyl sites for hydroxylation is 1. The van der Waals surface area contributed by atoms with Crippen molar-refractivity contribution in [1.29, 1.82) is 0 Å². The second-order valence-electron chi connectivity index (χ2n) is 6.76. The molecule has 0 radical (unpaired) electrons. The number of piperidine rings is 1. The van der Waals surface area contributed by atoms with E-state index in [2.05, 4.69) is 5.10 Å². The predicted octanol–water partition coefficient (Wildman–Crippen LogP) is 2.59. The molecule has 1 aromatic heterocycles. The third kappa shape index (κ3) is 4.35. The van der Waals surface area contributed by atoms with Gasteiger partial charge in [-0.3, -0.25) is 9.48 Å². The summed E-state index contributed by atoms with van der Waals surface area (Å²) >= 11 is 0. The SMILES string of the molecule is Cc1cnn(C2CCCN(C(=O)Cc3ccc(S(=O)(=O)C(F)F)cc3)C2)c1. The van der Waals surface area contributed by atoms with Gasteiger partial charge in [0.25, 0.3) is 0 Å². The van der Waals surface area contributed by atoms with Crippen molar-refractivity contribution in [1.82, 2.24) is 14.7 Å². The van der Waals surface area contributed by atoms with Crippen LogP contribution in [0.15, 0.2) is 41.6 Å². The topological polar surface area (TPSA) is 72.3 Å². The normalized spacial score (nSPS) is 18.1. The molecule has 0 bridgehead atoms. The van der Waals surface area contributed by atoms with Gasteiger partial charge in [0.1, 0.15) is 0 Å². The number of carbonyl (C=O) groups excluding carboxylic acids is 1. The summed E-state index contributed by atoms with van der Waals surface area (Å²) in [6, 6.07) is 5.19. The smallest absolute Gasteiger partial charge is 0.340 e. The van der Waals surface area contributed by atoms with Gasteiger partial charge in [-0.05, 0) is 43.0 Å². The molecule has 0 aliphatic carbocycles. The number of halogens is 2. The monoisotopic (exact) mass is 397 g/mol. The number of rotatable bonds is 5. The molecule has 1 fully saturated rings. The second-order valence-corrected chi connectivity index (χ2v) is 8.68. The lowest BCUT2D eigenvalue weighted by molar-refractivity contribution is -0.132. The van der Waals surface area contributed by atoms with E-state index in [1.54, 1.807) is 11.1 Å². The quantitative estimate of drug-likeness (QED) is 0.778. The summed E-state index contributed by atoms with van der Waals surface area (Å²) in [5.41, 5.74) is 1.66. The molecule has 9 heteroatoms. The molecule has 0 N–H and O–H groups in total. The molecule has 146 valence electrons. The molecule has 1 amide bonds. The highest BCUT2D eigenvalue weighted by Gasteiger charge is 2.27. The van der Waals surface area contributed by atoms with Gasteiger partial charge in [-0.25, -0.2) is 8.42 Å². The summed E-state index contributed by atoms with van der Waals surface area (Å²) in [4.78, 5) is 13.9. The molecule has 2 aromatic rings. The lowest BCUT2D eigenvalue weighted by Crippen LogP contribution is -2.41. The zero-order chi connectivity index (χ0) is 19.6. The molecule has 1 aromatic carbocycles. The number of nitrogens with zero attached hydrogens (tertiary/aromatic N) is 3. The summed E-state index contributed by atoms with van der Waals surface area (Å²) in [6.45, 7) is 3.19. The third-order valence-electron chi connectivity index (χ3n) is 4.70. The van der Waals surface area contributed by atoms with Crippen LogP contribution in [-0.4, -0.2) is 47.9 Å². The predicted molar refractivity (Wildman–Crippen MR) is 95.2 cm³/mol. The first-order valence-electron chi connectivity index (χ1n) is 8.67. The van der Waals surface area contributed by atoms with E-state index in [-0.39, 0.29) is 18.4 Å². The molecule has 2 heterocycles. The molecular formula is C18H21F2N3O3S. The van der Waals surface area contributed by atoms with E-state index >= 15 is 0 Å². The molecule has 1 saturated heterocycles. The number of aromatic nitrogens is 2. The molecule has 3 rings (SSSR count). The standard InChI is InChI=1S/C18H21F2N3O3S/c1-13-10-21-23(11-13)15-3-2-8-22(12-15)17(24)9-14-4-6-16(7-5-14)27(25,26)18(19)20/h4-7,10-11,15,18H,2-3,8-9,12H2,1H3. The van der Waals surface area contributed by atoms with E-state index in [1.165, 1.54) is 12.1 Å². The zero-order valence-electron chi connectivity index (χ0n) is 14.9. The third-order valence-corrected chi connectivity index (χ3v) is 6.09. The van der Waals surface area contributed by atoms with Crippen LogP contribution in [0.2, 0.25) is 0 Å². The van der Waals surface area contributed by atoms with Gasteiger partial charge in [-0.1, -0.05) is 12.1 Å². The number of carbonyl (C=O) groups is 1. The Labute approximate surface area is 156 Å². The number of amides is 1. The van der Waals surface area contributed by atoms with Gasteiger partial charge < -0.3 is 4.90 Å². The Morgan fingerprint density at radius 3 is 2.59 bits per heavy atom. The van der Waals surface area contributed by atoms with Gasteiger partial charge in [-0.2, -0.15) is 13.9 Å². The lowest BCUT2D eigenvalue weighted by atomic mass is 10.0. The average molecular weight is 397 g/mol. The van der Waals surface area contributed by atoms with Crippen molar-refractivity contribution in [2.24, 2.45) is 0 Å². The fourth-order valence-electron chi connectivity index (χ4n) is 3.22. The Morgan fingerprint density at radius 1 is 1.30 bits per heavy atom. The molecule has 6 nitrogen and oxygen atoms in total. The van der Waals surface area contributed by atoms with E-state index in [0.29, 0.717) is 18.7 Å². The van der Waals surface area contributed by atoms with Crippen LogP contribution < -0.4 is 0 Å². The van der Waals surface area contributed by atoms with Crippen LogP contribution in [0.25, 0.3) is 0 Å². The minimum atomic E-state index is -4.62. The largest absolute Gasteiger partial charge is 0.341 e. The maximum atomic E-state index is 12.6. The summed E-state index contributed by atoms with van der Waals surface area (Å²) < 4.78 is 49.9. The number of benzene rings is 1. The van der Waals surface area contributed by atoms with Crippen molar-refractivity contribution in [2.75, 3.05) is 13.1 Å². The van der Waals surface area contributed by atoms with Gasteiger partial charge in [0.2, 0.25) is 15.7 Å². The highest BCUT2D eigenvalue weighted by atomic mass is 32.2. The van der Waals surface area contributed by atoms with Crippen LogP contribution in [-0.2, 0) is 21.1 Å². The fraction of sp³-hybridized carbons (Fsp3) is 0.444. The first-order valence-corrected chi connectivity index (χ1v) is 10.2. The first-order chi connectivity index (χ1) is 12.8. The molecule has 0 saturated carbocycles. The van der Waals surface area contributed by atoms with Crippen molar-refractivity contribution < 1.29 is 22.0 Å². The molecule has 27 heavy (non-hydrogen) atoms. The number of hydrogen-bond acceptors (Lipinski definition) is 4. The Morgan fingerprint density at radius 2 is 2.00 bits per heavy atom. The van der Waals surface area contributed by atoms with Crippen LogP contribution in [0.4, 0.5) is 8.78 Å². The van der Waals surface area contributed by atoms with Crippen LogP contribution >= 0.6 is 0 Å². The Kier molecular flexibility index (Phi) is 5.59. The number of alkyl halides is 2. The minimum absolute atomic E-state index is 0.0759. The van der Waals surface area contributed by atoms with Crippen LogP contribution in [0.1, 0.15) is 30.0 Å². The summed E-state index contributed by atoms with van der Waals surface area (Å²) in [6.07, 6.45) is 5.67. The highest BCUT2D eigenvalue weighted by Crippen LogP contribution is 2.23. The Balaban J connectivity index is 1.64. The Hall–Kier alpha value is -2.29. The van der Waals surface area contributed by atoms with Gasteiger partial charge in [-0.15, -0.1) is 0 Å². The van der Waals surface area contributed by atoms with Gasteiger partial charge in [0, 0.05) is 19.3 Å².